The molecule has 0 heterocycles. The van der Waals surface area contributed by atoms with E-state index in [1.807, 2.05) is 30.3 Å². The topological polar surface area (TPSA) is 63.7 Å². The Morgan fingerprint density at radius 2 is 1.89 bits per heavy atom. The summed E-state index contributed by atoms with van der Waals surface area (Å²) in [6.07, 6.45) is 4.05. The molecule has 28 heavy (non-hydrogen) atoms. The number of rotatable bonds is 12. The summed E-state index contributed by atoms with van der Waals surface area (Å²) in [5, 5.41) is 0.778. The Morgan fingerprint density at radius 3 is 2.43 bits per heavy atom. The molecule has 5 nitrogen and oxygen atoms in total. The van der Waals surface area contributed by atoms with Crippen molar-refractivity contribution < 1.29 is 17.9 Å². The average Bonchev–Trinajstić information content (AvgIpc) is 2.63. The summed E-state index contributed by atoms with van der Waals surface area (Å²) in [6, 6.07) is 9.87. The molecule has 8 heteroatoms. The number of esters is 1. The third-order valence-corrected chi connectivity index (χ3v) is 8.59. The summed E-state index contributed by atoms with van der Waals surface area (Å²) >= 11 is 3.44. The minimum atomic E-state index is -3.59. The first kappa shape index (κ1) is 24.9. The van der Waals surface area contributed by atoms with Gasteiger partial charge in [-0.2, -0.15) is 0 Å². The van der Waals surface area contributed by atoms with E-state index < -0.39 is 24.1 Å². The number of ether oxygens (including phenoxy) is 1. The smallest absolute Gasteiger partial charge is 0.332 e. The second-order valence-electron chi connectivity index (χ2n) is 7.78. The number of carbonyl (C=O) groups excluding carboxylic acids is 1. The lowest BCUT2D eigenvalue weighted by Crippen LogP contribution is -2.35. The molecule has 0 saturated carbocycles. The summed E-state index contributed by atoms with van der Waals surface area (Å²) in [6.45, 7) is 8.43. The molecular weight excluding hydrogens is 458 g/mol. The van der Waals surface area contributed by atoms with Crippen LogP contribution in [0.25, 0.3) is 0 Å². The Labute approximate surface area is 179 Å². The first-order valence-electron chi connectivity index (χ1n) is 9.58. The Bertz CT molecular complexity index is 732. The van der Waals surface area contributed by atoms with E-state index in [2.05, 4.69) is 35.6 Å². The summed E-state index contributed by atoms with van der Waals surface area (Å²) in [5.74, 6) is -0.465. The molecule has 1 unspecified atom stereocenters. The van der Waals surface area contributed by atoms with Gasteiger partial charge in [0.2, 0.25) is 10.0 Å². The molecule has 1 aromatic carbocycles. The van der Waals surface area contributed by atoms with Crippen molar-refractivity contribution in [1.82, 2.24) is 4.31 Å². The van der Waals surface area contributed by atoms with E-state index in [9.17, 15) is 13.2 Å². The number of sulfonamides is 1. The Kier molecular flexibility index (Phi) is 10.5. The third-order valence-electron chi connectivity index (χ3n) is 4.18. The van der Waals surface area contributed by atoms with Gasteiger partial charge in [0.1, 0.15) is 0 Å². The van der Waals surface area contributed by atoms with Gasteiger partial charge in [0, 0.05) is 25.7 Å². The molecule has 0 bridgehead atoms. The van der Waals surface area contributed by atoms with Gasteiger partial charge < -0.3 is 4.74 Å². The fraction of sp³-hybridized carbons (Fsp3) is 0.550. The first-order valence-corrected chi connectivity index (χ1v) is 16.0. The van der Waals surface area contributed by atoms with Gasteiger partial charge in [-0.05, 0) is 31.4 Å². The molecule has 0 saturated heterocycles. The Morgan fingerprint density at radius 1 is 1.25 bits per heavy atom. The predicted octanol–water partition coefficient (Wildman–Crippen LogP) is 4.95. The number of nitrogens with zero attached hydrogens (tertiary/aromatic N) is 1. The minimum Gasteiger partial charge on any atom is -0.463 e. The third kappa shape index (κ3) is 8.92. The van der Waals surface area contributed by atoms with Crippen LogP contribution in [-0.4, -0.2) is 44.5 Å². The number of hydrogen-bond donors (Lipinski definition) is 0. The van der Waals surface area contributed by atoms with Crippen molar-refractivity contribution in [2.45, 2.75) is 51.5 Å². The van der Waals surface area contributed by atoms with Crippen LogP contribution >= 0.6 is 15.9 Å². The first-order chi connectivity index (χ1) is 13.1. The van der Waals surface area contributed by atoms with Gasteiger partial charge in [0.15, 0.2) is 0 Å². The molecule has 1 rings (SSSR count). The van der Waals surface area contributed by atoms with Gasteiger partial charge >= 0.3 is 5.97 Å². The fourth-order valence-electron chi connectivity index (χ4n) is 2.64. The van der Waals surface area contributed by atoms with Crippen LogP contribution in [0.2, 0.25) is 25.7 Å². The summed E-state index contributed by atoms with van der Waals surface area (Å²) in [4.78, 5) is 11.8. The number of hydrogen-bond acceptors (Lipinski definition) is 4. The molecule has 0 spiro atoms. The summed E-state index contributed by atoms with van der Waals surface area (Å²) in [7, 11) is -5.12. The van der Waals surface area contributed by atoms with Crippen LogP contribution in [0.1, 0.15) is 31.4 Å². The highest BCUT2D eigenvalue weighted by Gasteiger charge is 2.30. The molecule has 0 amide bonds. The van der Waals surface area contributed by atoms with Gasteiger partial charge in [0.05, 0.1) is 18.4 Å². The Hall–Kier alpha value is -1.12. The molecule has 0 aliphatic heterocycles. The number of alkyl halides is 1. The zero-order valence-corrected chi connectivity index (χ0v) is 20.6. The quantitative estimate of drug-likeness (QED) is 0.180. The normalized spacial score (nSPS) is 13.5. The van der Waals surface area contributed by atoms with Crippen LogP contribution < -0.4 is 0 Å². The van der Waals surface area contributed by atoms with Crippen LogP contribution in [0.3, 0.4) is 0 Å². The molecule has 0 fully saturated rings. The monoisotopic (exact) mass is 489 g/mol. The highest BCUT2D eigenvalue weighted by Crippen LogP contribution is 2.30. The predicted molar refractivity (Wildman–Crippen MR) is 122 cm³/mol. The maximum Gasteiger partial charge on any atom is 0.332 e. The van der Waals surface area contributed by atoms with E-state index in [4.69, 9.17) is 4.74 Å². The van der Waals surface area contributed by atoms with Gasteiger partial charge in [0.25, 0.3) is 0 Å². The molecule has 1 aromatic rings. The lowest BCUT2D eigenvalue weighted by Gasteiger charge is -2.31. The summed E-state index contributed by atoms with van der Waals surface area (Å²) < 4.78 is 32.8. The van der Waals surface area contributed by atoms with Crippen molar-refractivity contribution in [2.75, 3.05) is 17.7 Å². The lowest BCUT2D eigenvalue weighted by atomic mass is 10.0. The van der Waals surface area contributed by atoms with Crippen molar-refractivity contribution in [3.63, 3.8) is 0 Å². The molecule has 0 radical (unpaired) electrons. The van der Waals surface area contributed by atoms with Gasteiger partial charge in [-0.15, -0.1) is 0 Å². The van der Waals surface area contributed by atoms with Crippen molar-refractivity contribution in [2.24, 2.45) is 0 Å². The van der Waals surface area contributed by atoms with E-state index in [0.717, 1.165) is 17.3 Å². The van der Waals surface area contributed by atoms with E-state index in [-0.39, 0.29) is 18.4 Å². The maximum atomic E-state index is 13.3. The average molecular weight is 491 g/mol. The maximum absolute atomic E-state index is 13.3. The van der Waals surface area contributed by atoms with Crippen LogP contribution in [0, 0.1) is 0 Å². The van der Waals surface area contributed by atoms with Crippen molar-refractivity contribution >= 4 is 40.0 Å². The number of benzene rings is 1. The van der Waals surface area contributed by atoms with Crippen molar-refractivity contribution in [3.05, 3.63) is 48.2 Å². The molecule has 1 atom stereocenters. The van der Waals surface area contributed by atoms with Gasteiger partial charge in [-0.3, -0.25) is 4.31 Å². The number of halogens is 1. The minimum absolute atomic E-state index is 0.0769. The largest absolute Gasteiger partial charge is 0.463 e. The van der Waals surface area contributed by atoms with Crippen molar-refractivity contribution in [3.8, 4) is 0 Å². The van der Waals surface area contributed by atoms with Crippen LogP contribution in [0.15, 0.2) is 42.6 Å². The molecule has 0 aliphatic rings. The molecule has 0 aromatic heterocycles. The van der Waals surface area contributed by atoms with E-state index >= 15 is 0 Å². The SMILES string of the molecule is CCOC(=O)/C=C/N(C(CCCBr)c1ccccc1)S(=O)(=O)CC[Si](C)(C)C. The van der Waals surface area contributed by atoms with E-state index in [1.165, 1.54) is 16.6 Å². The molecule has 158 valence electrons. The molecular formula is C20H32BrNO4SSi. The van der Waals surface area contributed by atoms with Gasteiger partial charge in [-0.25, -0.2) is 13.2 Å². The second-order valence-corrected chi connectivity index (χ2v) is 16.2. The number of carbonyl (C=O) groups is 1. The Balaban J connectivity index is 3.29. The second kappa shape index (κ2) is 11.8. The summed E-state index contributed by atoms with van der Waals surface area (Å²) in [5.41, 5.74) is 0.911. The highest BCUT2D eigenvalue weighted by atomic mass is 79.9. The zero-order chi connectivity index (χ0) is 21.2. The van der Waals surface area contributed by atoms with Gasteiger partial charge in [-0.1, -0.05) is 65.9 Å². The van der Waals surface area contributed by atoms with Crippen LogP contribution in [0.4, 0.5) is 0 Å². The van der Waals surface area contributed by atoms with E-state index in [0.29, 0.717) is 12.5 Å². The lowest BCUT2D eigenvalue weighted by molar-refractivity contribution is -0.137. The standard InChI is InChI=1S/C20H32BrNO4SSi/c1-5-26-20(23)13-15-22(27(24,25)16-17-28(2,3)4)19(12-9-14-21)18-10-7-6-8-11-18/h6-8,10-11,13,15,19H,5,9,12,14,16-17H2,1-4H3/b15-13+. The zero-order valence-electron chi connectivity index (χ0n) is 17.2. The van der Waals surface area contributed by atoms with Crippen molar-refractivity contribution in [1.29, 1.82) is 0 Å². The van der Waals surface area contributed by atoms with Crippen LogP contribution in [-0.2, 0) is 19.6 Å². The molecule has 0 aliphatic carbocycles. The van der Waals surface area contributed by atoms with Crippen LogP contribution in [0.5, 0.6) is 0 Å². The fourth-order valence-corrected chi connectivity index (χ4v) is 7.52. The van der Waals surface area contributed by atoms with E-state index in [1.54, 1.807) is 6.92 Å². The molecule has 0 N–H and O–H groups in total. The highest BCUT2D eigenvalue weighted by molar-refractivity contribution is 9.09.